The van der Waals surface area contributed by atoms with Crippen molar-refractivity contribution in [2.75, 3.05) is 5.32 Å². The van der Waals surface area contributed by atoms with Crippen LogP contribution in [0.4, 0.5) is 10.1 Å². The zero-order chi connectivity index (χ0) is 17.9. The predicted molar refractivity (Wildman–Crippen MR) is 107 cm³/mol. The lowest BCUT2D eigenvalue weighted by atomic mass is 9.96. The average molecular weight is 371 g/mol. The van der Waals surface area contributed by atoms with Gasteiger partial charge in [0.2, 0.25) is 0 Å². The second kappa shape index (κ2) is 7.72. The first-order valence-corrected chi connectivity index (χ1v) is 9.81. The summed E-state index contributed by atoms with van der Waals surface area (Å²) in [5.74, 6) is -0.158. The molecule has 136 valence electrons. The Labute approximate surface area is 159 Å². The van der Waals surface area contributed by atoms with Gasteiger partial charge in [-0.15, -0.1) is 0 Å². The molecule has 2 fully saturated rings. The van der Waals surface area contributed by atoms with Gasteiger partial charge in [-0.2, -0.15) is 0 Å². The molecule has 2 aliphatic heterocycles. The highest BCUT2D eigenvalue weighted by Gasteiger charge is 2.44. The molecule has 2 aromatic carbocycles. The number of quaternary nitrogens is 1. The van der Waals surface area contributed by atoms with E-state index in [4.69, 9.17) is 12.2 Å². The molecule has 2 aromatic rings. The molecule has 0 radical (unpaired) electrons. The van der Waals surface area contributed by atoms with E-state index >= 15 is 0 Å². The number of piperidine rings is 1. The standard InChI is InChI=1S/C21H24FN3S/c22-16-8-6-15(7-9-16)14-25-19-10-11-20(25)13-18(12-19)24-21(26)23-17-4-2-1-3-5-17/h1-9,18-20H,10-14H2,(H2,23,24,26)/p+1/t18?,19-,20+. The number of para-hydroxylation sites is 1. The maximum absolute atomic E-state index is 13.1. The second-order valence-corrected chi connectivity index (χ2v) is 7.89. The van der Waals surface area contributed by atoms with Crippen molar-refractivity contribution in [3.63, 3.8) is 0 Å². The molecule has 3 N–H and O–H groups in total. The van der Waals surface area contributed by atoms with Gasteiger partial charge in [-0.3, -0.25) is 0 Å². The summed E-state index contributed by atoms with van der Waals surface area (Å²) in [5, 5.41) is 7.50. The number of anilines is 1. The van der Waals surface area contributed by atoms with Crippen LogP contribution in [0.2, 0.25) is 0 Å². The summed E-state index contributed by atoms with van der Waals surface area (Å²) in [7, 11) is 0. The Morgan fingerprint density at radius 2 is 1.65 bits per heavy atom. The SMILES string of the molecule is Fc1ccc(C[NH+]2[C@@H]3CC[C@H]2CC(NC(=S)Nc2ccccc2)C3)cc1. The van der Waals surface area contributed by atoms with E-state index in [1.807, 2.05) is 42.5 Å². The van der Waals surface area contributed by atoms with Gasteiger partial charge >= 0.3 is 0 Å². The Morgan fingerprint density at radius 3 is 2.31 bits per heavy atom. The first kappa shape index (κ1) is 17.4. The van der Waals surface area contributed by atoms with Crippen molar-refractivity contribution in [3.05, 3.63) is 66.0 Å². The Morgan fingerprint density at radius 1 is 1.00 bits per heavy atom. The van der Waals surface area contributed by atoms with Crippen molar-refractivity contribution in [1.82, 2.24) is 5.32 Å². The zero-order valence-corrected chi connectivity index (χ0v) is 15.6. The molecule has 0 aliphatic carbocycles. The molecule has 2 unspecified atom stereocenters. The molecule has 2 saturated heterocycles. The van der Waals surface area contributed by atoms with Crippen LogP contribution in [-0.4, -0.2) is 23.2 Å². The van der Waals surface area contributed by atoms with Gasteiger partial charge in [-0.1, -0.05) is 30.3 Å². The van der Waals surface area contributed by atoms with Crippen LogP contribution in [0.5, 0.6) is 0 Å². The summed E-state index contributed by atoms with van der Waals surface area (Å²) in [6.07, 6.45) is 4.84. The van der Waals surface area contributed by atoms with Crippen LogP contribution in [0.15, 0.2) is 54.6 Å². The van der Waals surface area contributed by atoms with Crippen LogP contribution < -0.4 is 15.5 Å². The molecule has 5 heteroatoms. The molecule has 26 heavy (non-hydrogen) atoms. The molecule has 2 bridgehead atoms. The van der Waals surface area contributed by atoms with E-state index in [0.717, 1.165) is 25.1 Å². The average Bonchev–Trinajstić information content (AvgIpc) is 2.86. The molecule has 3 nitrogen and oxygen atoms in total. The molecular weight excluding hydrogens is 345 g/mol. The molecule has 0 aromatic heterocycles. The lowest BCUT2D eigenvalue weighted by Crippen LogP contribution is -3.17. The fraction of sp³-hybridized carbons (Fsp3) is 0.381. The number of benzene rings is 2. The Kier molecular flexibility index (Phi) is 5.18. The van der Waals surface area contributed by atoms with Gasteiger partial charge in [0.15, 0.2) is 5.11 Å². The van der Waals surface area contributed by atoms with E-state index in [1.54, 1.807) is 17.0 Å². The normalized spacial score (nSPS) is 27.1. The second-order valence-electron chi connectivity index (χ2n) is 7.48. The van der Waals surface area contributed by atoms with Crippen LogP contribution in [0.3, 0.4) is 0 Å². The Hall–Kier alpha value is -1.98. The minimum absolute atomic E-state index is 0.158. The Balaban J connectivity index is 1.33. The summed E-state index contributed by atoms with van der Waals surface area (Å²) in [4.78, 5) is 1.66. The lowest BCUT2D eigenvalue weighted by Gasteiger charge is -2.36. The molecule has 0 amide bonds. The minimum Gasteiger partial charge on any atom is -0.359 e. The van der Waals surface area contributed by atoms with Crippen molar-refractivity contribution in [1.29, 1.82) is 0 Å². The molecular formula is C21H25FN3S+. The van der Waals surface area contributed by atoms with Crippen LogP contribution in [-0.2, 0) is 6.54 Å². The van der Waals surface area contributed by atoms with E-state index in [2.05, 4.69) is 10.6 Å². The molecule has 0 spiro atoms. The van der Waals surface area contributed by atoms with E-state index in [0.29, 0.717) is 23.2 Å². The number of hydrogen-bond donors (Lipinski definition) is 3. The van der Waals surface area contributed by atoms with Gasteiger partial charge < -0.3 is 15.5 Å². The van der Waals surface area contributed by atoms with E-state index in [-0.39, 0.29) is 5.82 Å². The lowest BCUT2D eigenvalue weighted by molar-refractivity contribution is -0.954. The monoisotopic (exact) mass is 370 g/mol. The third-order valence-corrected chi connectivity index (χ3v) is 5.96. The number of fused-ring (bicyclic) bond motifs is 2. The summed E-state index contributed by atoms with van der Waals surface area (Å²) in [5.41, 5.74) is 2.25. The maximum atomic E-state index is 13.1. The van der Waals surface area contributed by atoms with Gasteiger partial charge in [0.25, 0.3) is 0 Å². The largest absolute Gasteiger partial charge is 0.359 e. The first-order chi connectivity index (χ1) is 12.7. The third-order valence-electron chi connectivity index (χ3n) is 5.74. The quantitative estimate of drug-likeness (QED) is 0.723. The third kappa shape index (κ3) is 4.05. The number of rotatable bonds is 4. The number of nitrogens with one attached hydrogen (secondary N) is 3. The van der Waals surface area contributed by atoms with Crippen LogP contribution in [0.1, 0.15) is 31.2 Å². The topological polar surface area (TPSA) is 28.5 Å². The van der Waals surface area contributed by atoms with Crippen molar-refractivity contribution in [2.45, 2.75) is 50.4 Å². The predicted octanol–water partition coefficient (Wildman–Crippen LogP) is 2.89. The molecule has 4 rings (SSSR count). The van der Waals surface area contributed by atoms with Crippen molar-refractivity contribution >= 4 is 23.0 Å². The highest BCUT2D eigenvalue weighted by molar-refractivity contribution is 7.80. The van der Waals surface area contributed by atoms with E-state index in [9.17, 15) is 4.39 Å². The maximum Gasteiger partial charge on any atom is 0.171 e. The number of hydrogen-bond acceptors (Lipinski definition) is 1. The molecule has 4 atom stereocenters. The van der Waals surface area contributed by atoms with Crippen molar-refractivity contribution in [3.8, 4) is 0 Å². The van der Waals surface area contributed by atoms with Crippen molar-refractivity contribution < 1.29 is 9.29 Å². The Bertz CT molecular complexity index is 736. The molecule has 2 aliphatic rings. The van der Waals surface area contributed by atoms with Crippen molar-refractivity contribution in [2.24, 2.45) is 0 Å². The summed E-state index contributed by atoms with van der Waals surface area (Å²) >= 11 is 5.50. The fourth-order valence-corrected chi connectivity index (χ4v) is 4.83. The van der Waals surface area contributed by atoms with Gasteiger partial charge in [0.1, 0.15) is 12.4 Å². The van der Waals surface area contributed by atoms with Crippen LogP contribution >= 0.6 is 12.2 Å². The molecule has 2 heterocycles. The number of halogens is 1. The van der Waals surface area contributed by atoms with Gasteiger partial charge in [-0.25, -0.2) is 4.39 Å². The summed E-state index contributed by atoms with van der Waals surface area (Å²) in [6, 6.07) is 18.8. The highest BCUT2D eigenvalue weighted by Crippen LogP contribution is 2.23. The number of thiocarbonyl (C=S) groups is 1. The first-order valence-electron chi connectivity index (χ1n) is 9.40. The smallest absolute Gasteiger partial charge is 0.171 e. The summed E-state index contributed by atoms with van der Waals surface area (Å²) < 4.78 is 13.1. The van der Waals surface area contributed by atoms with Gasteiger partial charge in [0, 0.05) is 43.0 Å². The minimum atomic E-state index is -0.158. The summed E-state index contributed by atoms with van der Waals surface area (Å²) in [6.45, 7) is 0.995. The zero-order valence-electron chi connectivity index (χ0n) is 14.7. The van der Waals surface area contributed by atoms with E-state index < -0.39 is 0 Å². The molecule has 0 saturated carbocycles. The fourth-order valence-electron chi connectivity index (χ4n) is 4.55. The van der Waals surface area contributed by atoms with Crippen LogP contribution in [0, 0.1) is 5.82 Å². The van der Waals surface area contributed by atoms with Gasteiger partial charge in [0.05, 0.1) is 12.1 Å². The van der Waals surface area contributed by atoms with E-state index in [1.165, 1.54) is 18.4 Å². The highest BCUT2D eigenvalue weighted by atomic mass is 32.1. The van der Waals surface area contributed by atoms with Crippen LogP contribution in [0.25, 0.3) is 0 Å². The van der Waals surface area contributed by atoms with Gasteiger partial charge in [-0.05, 0) is 36.5 Å².